The average molecular weight is 354 g/mol. The number of benzene rings is 1. The Morgan fingerprint density at radius 3 is 2.42 bits per heavy atom. The van der Waals surface area contributed by atoms with E-state index in [9.17, 15) is 13.2 Å². The van der Waals surface area contributed by atoms with Gasteiger partial charge in [0.15, 0.2) is 0 Å². The molecule has 1 saturated carbocycles. The summed E-state index contributed by atoms with van der Waals surface area (Å²) in [6.07, 6.45) is 3.53. The Balaban J connectivity index is 2.04. The molecule has 7 heteroatoms. The van der Waals surface area contributed by atoms with Gasteiger partial charge in [-0.1, -0.05) is 13.0 Å². The van der Waals surface area contributed by atoms with E-state index in [1.165, 1.54) is 0 Å². The Morgan fingerprint density at radius 1 is 1.21 bits per heavy atom. The zero-order valence-corrected chi connectivity index (χ0v) is 15.0. The summed E-state index contributed by atoms with van der Waals surface area (Å²) in [4.78, 5) is 11.0. The molecule has 0 aromatic heterocycles. The van der Waals surface area contributed by atoms with Gasteiger partial charge in [0.2, 0.25) is 10.0 Å². The van der Waals surface area contributed by atoms with Gasteiger partial charge in [0, 0.05) is 11.7 Å². The number of carboxylic acids is 1. The van der Waals surface area contributed by atoms with Crippen LogP contribution >= 0.6 is 0 Å². The maximum absolute atomic E-state index is 12.0. The molecule has 1 aromatic carbocycles. The Bertz CT molecular complexity index is 680. The summed E-state index contributed by atoms with van der Waals surface area (Å²) in [5.41, 5.74) is 2.34. The van der Waals surface area contributed by atoms with Crippen molar-refractivity contribution in [1.82, 2.24) is 0 Å². The predicted molar refractivity (Wildman–Crippen MR) is 95.9 cm³/mol. The minimum absolute atomic E-state index is 0.100. The first kappa shape index (κ1) is 18.6. The molecule has 0 unspecified atom stereocenters. The van der Waals surface area contributed by atoms with Crippen LogP contribution in [0.1, 0.15) is 44.6 Å². The molecule has 0 amide bonds. The molecule has 0 saturated heterocycles. The van der Waals surface area contributed by atoms with E-state index in [0.717, 1.165) is 24.1 Å². The normalized spacial score (nSPS) is 21.2. The van der Waals surface area contributed by atoms with E-state index >= 15 is 0 Å². The first-order valence-electron chi connectivity index (χ1n) is 8.42. The summed E-state index contributed by atoms with van der Waals surface area (Å²) in [7, 11) is -3.32. The lowest BCUT2D eigenvalue weighted by molar-refractivity contribution is -0.142. The van der Waals surface area contributed by atoms with Gasteiger partial charge in [0.25, 0.3) is 0 Å². The largest absolute Gasteiger partial charge is 0.481 e. The fraction of sp³-hybridized carbons (Fsp3) is 0.588. The molecule has 1 aliphatic carbocycles. The second-order valence-corrected chi connectivity index (χ2v) is 8.27. The van der Waals surface area contributed by atoms with Crippen molar-refractivity contribution < 1.29 is 18.3 Å². The third kappa shape index (κ3) is 4.87. The number of carboxylic acid groups (broad SMARTS) is 1. The van der Waals surface area contributed by atoms with Gasteiger partial charge in [-0.2, -0.15) is 0 Å². The molecule has 2 rings (SSSR count). The first-order valence-corrected chi connectivity index (χ1v) is 10.1. The van der Waals surface area contributed by atoms with E-state index in [-0.39, 0.29) is 17.7 Å². The van der Waals surface area contributed by atoms with Crippen molar-refractivity contribution in [3.8, 4) is 0 Å². The van der Waals surface area contributed by atoms with Gasteiger partial charge in [-0.15, -0.1) is 0 Å². The maximum atomic E-state index is 12.0. The van der Waals surface area contributed by atoms with Crippen LogP contribution in [0, 0.1) is 12.8 Å². The topological polar surface area (TPSA) is 95.5 Å². The molecule has 1 aromatic rings. The van der Waals surface area contributed by atoms with Crippen molar-refractivity contribution in [2.24, 2.45) is 5.92 Å². The van der Waals surface area contributed by atoms with Gasteiger partial charge in [0.1, 0.15) is 0 Å². The molecule has 134 valence electrons. The number of carbonyl (C=O) groups is 1. The summed E-state index contributed by atoms with van der Waals surface area (Å²) in [5, 5.41) is 12.5. The summed E-state index contributed by atoms with van der Waals surface area (Å²) in [6, 6.07) is 5.73. The molecule has 0 radical (unpaired) electrons. The predicted octanol–water partition coefficient (Wildman–Crippen LogP) is 3.20. The average Bonchev–Trinajstić information content (AvgIpc) is 2.51. The summed E-state index contributed by atoms with van der Waals surface area (Å²) < 4.78 is 26.6. The summed E-state index contributed by atoms with van der Waals surface area (Å²) in [6.45, 7) is 3.71. The fourth-order valence-electron chi connectivity index (χ4n) is 3.09. The molecule has 0 heterocycles. The highest BCUT2D eigenvalue weighted by atomic mass is 32.2. The van der Waals surface area contributed by atoms with Crippen molar-refractivity contribution >= 4 is 27.4 Å². The van der Waals surface area contributed by atoms with Crippen LogP contribution in [-0.4, -0.2) is 31.3 Å². The van der Waals surface area contributed by atoms with Gasteiger partial charge in [0.05, 0.1) is 17.4 Å². The third-order valence-electron chi connectivity index (χ3n) is 4.51. The summed E-state index contributed by atoms with van der Waals surface area (Å²) in [5.74, 6) is -0.850. The Kier molecular flexibility index (Phi) is 6.10. The third-order valence-corrected chi connectivity index (χ3v) is 5.98. The van der Waals surface area contributed by atoms with Gasteiger partial charge < -0.3 is 10.4 Å². The monoisotopic (exact) mass is 354 g/mol. The van der Waals surface area contributed by atoms with Crippen molar-refractivity contribution in [2.45, 2.75) is 52.0 Å². The molecular formula is C17H26N2O4S. The molecule has 0 bridgehead atoms. The Morgan fingerprint density at radius 2 is 1.83 bits per heavy atom. The number of hydrogen-bond acceptors (Lipinski definition) is 4. The van der Waals surface area contributed by atoms with Gasteiger partial charge in [-0.05, 0) is 56.7 Å². The molecule has 0 spiro atoms. The van der Waals surface area contributed by atoms with Gasteiger partial charge in [-0.25, -0.2) is 8.42 Å². The lowest BCUT2D eigenvalue weighted by Gasteiger charge is -2.28. The molecule has 0 aliphatic heterocycles. The first-order chi connectivity index (χ1) is 11.3. The molecule has 3 N–H and O–H groups in total. The Labute approximate surface area is 143 Å². The second-order valence-electron chi connectivity index (χ2n) is 6.43. The smallest absolute Gasteiger partial charge is 0.306 e. The van der Waals surface area contributed by atoms with E-state index in [1.54, 1.807) is 6.07 Å². The minimum atomic E-state index is -3.32. The summed E-state index contributed by atoms with van der Waals surface area (Å²) >= 11 is 0. The van der Waals surface area contributed by atoms with E-state index in [1.807, 2.05) is 26.0 Å². The maximum Gasteiger partial charge on any atom is 0.306 e. The molecule has 24 heavy (non-hydrogen) atoms. The van der Waals surface area contributed by atoms with Crippen LogP contribution in [0.2, 0.25) is 0 Å². The highest BCUT2D eigenvalue weighted by molar-refractivity contribution is 7.92. The molecular weight excluding hydrogens is 328 g/mol. The van der Waals surface area contributed by atoms with Crippen LogP contribution in [-0.2, 0) is 14.8 Å². The van der Waals surface area contributed by atoms with Crippen molar-refractivity contribution in [3.63, 3.8) is 0 Å². The molecule has 1 aliphatic rings. The van der Waals surface area contributed by atoms with Crippen LogP contribution in [0.25, 0.3) is 0 Å². The van der Waals surface area contributed by atoms with E-state index in [0.29, 0.717) is 24.9 Å². The van der Waals surface area contributed by atoms with Crippen LogP contribution < -0.4 is 10.0 Å². The second kappa shape index (κ2) is 7.88. The zero-order valence-electron chi connectivity index (χ0n) is 14.2. The number of nitrogens with one attached hydrogen (secondary N) is 2. The highest BCUT2D eigenvalue weighted by Crippen LogP contribution is 2.30. The van der Waals surface area contributed by atoms with Crippen molar-refractivity contribution in [2.75, 3.05) is 15.8 Å². The van der Waals surface area contributed by atoms with Crippen molar-refractivity contribution in [3.05, 3.63) is 23.8 Å². The Hall–Kier alpha value is -1.76. The fourth-order valence-corrected chi connectivity index (χ4v) is 4.29. The zero-order chi connectivity index (χ0) is 17.7. The number of sulfonamides is 1. The standard InChI is InChI=1S/C17H26N2O4S/c1-3-11-24(22,23)19-16-6-4-5-15(12(16)2)18-14-9-7-13(8-10-14)17(20)21/h4-6,13-14,18-19H,3,7-11H2,1-2H3,(H,20,21). The SMILES string of the molecule is CCCS(=O)(=O)Nc1cccc(NC2CCC(C(=O)O)CC2)c1C. The quantitative estimate of drug-likeness (QED) is 0.699. The number of anilines is 2. The van der Waals surface area contributed by atoms with Crippen molar-refractivity contribution in [1.29, 1.82) is 0 Å². The molecule has 6 nitrogen and oxygen atoms in total. The van der Waals surface area contributed by atoms with Crippen LogP contribution in [0.15, 0.2) is 18.2 Å². The highest BCUT2D eigenvalue weighted by Gasteiger charge is 2.26. The van der Waals surface area contributed by atoms with Crippen LogP contribution in [0.5, 0.6) is 0 Å². The van der Waals surface area contributed by atoms with E-state index in [2.05, 4.69) is 10.0 Å². The van der Waals surface area contributed by atoms with E-state index in [4.69, 9.17) is 5.11 Å². The van der Waals surface area contributed by atoms with Gasteiger partial charge in [-0.3, -0.25) is 9.52 Å². The van der Waals surface area contributed by atoms with E-state index < -0.39 is 16.0 Å². The number of hydrogen-bond donors (Lipinski definition) is 3. The minimum Gasteiger partial charge on any atom is -0.481 e. The number of aliphatic carboxylic acids is 1. The lowest BCUT2D eigenvalue weighted by Crippen LogP contribution is -2.29. The lowest BCUT2D eigenvalue weighted by atomic mass is 9.86. The van der Waals surface area contributed by atoms with Gasteiger partial charge >= 0.3 is 5.97 Å². The number of rotatable bonds is 7. The molecule has 1 fully saturated rings. The van der Waals surface area contributed by atoms with Crippen LogP contribution in [0.3, 0.4) is 0 Å². The van der Waals surface area contributed by atoms with Crippen LogP contribution in [0.4, 0.5) is 11.4 Å². The molecule has 0 atom stereocenters.